The second kappa shape index (κ2) is 7.69. The van der Waals surface area contributed by atoms with Crippen LogP contribution in [0.2, 0.25) is 0 Å². The van der Waals surface area contributed by atoms with Gasteiger partial charge < -0.3 is 9.72 Å². The van der Waals surface area contributed by atoms with Crippen molar-refractivity contribution in [2.24, 2.45) is 0 Å². The van der Waals surface area contributed by atoms with E-state index in [-0.39, 0.29) is 6.10 Å². The maximum atomic E-state index is 5.63. The zero-order chi connectivity index (χ0) is 13.3. The molecule has 1 fully saturated rings. The Kier molecular flexibility index (Phi) is 5.56. The molecule has 4 nitrogen and oxygen atoms in total. The minimum atomic E-state index is 0.217. The summed E-state index contributed by atoms with van der Waals surface area (Å²) in [6.07, 6.45) is 10.2. The van der Waals surface area contributed by atoms with Gasteiger partial charge in [0, 0.05) is 25.2 Å². The summed E-state index contributed by atoms with van der Waals surface area (Å²) in [5.74, 6) is 1.01. The average Bonchev–Trinajstić information content (AvgIpc) is 3.00. The van der Waals surface area contributed by atoms with Gasteiger partial charge in [-0.05, 0) is 37.8 Å². The van der Waals surface area contributed by atoms with Crippen LogP contribution >= 0.6 is 0 Å². The zero-order valence-electron chi connectivity index (χ0n) is 11.4. The predicted molar refractivity (Wildman–Crippen MR) is 74.7 cm³/mol. The maximum Gasteiger partial charge on any atom is 0.135 e. The van der Waals surface area contributed by atoms with Crippen LogP contribution in [0.15, 0.2) is 36.8 Å². The molecule has 2 aromatic rings. The summed E-state index contributed by atoms with van der Waals surface area (Å²) >= 11 is 0. The topological polar surface area (TPSA) is 50.8 Å². The molecule has 0 aromatic carbocycles. The van der Waals surface area contributed by atoms with Crippen LogP contribution in [0.5, 0.6) is 0 Å². The van der Waals surface area contributed by atoms with Gasteiger partial charge in [-0.25, -0.2) is 4.98 Å². The number of aromatic nitrogens is 3. The first-order valence-electron chi connectivity index (χ1n) is 6.91. The molecule has 0 amide bonds. The van der Waals surface area contributed by atoms with E-state index in [4.69, 9.17) is 4.74 Å². The molecule has 102 valence electrons. The summed E-state index contributed by atoms with van der Waals surface area (Å²) in [7, 11) is 0. The standard InChI is InChI=1S/C10H16N2O.C5H5N/c1-2-8-7-11-10(12-8)9-5-3-4-6-13-9;1-2-4-6-5-3-1/h7,9H,2-6H2,1H3,(H,11,12);1-5H. The molecule has 0 saturated carbocycles. The van der Waals surface area contributed by atoms with Gasteiger partial charge in [0.05, 0.1) is 5.69 Å². The van der Waals surface area contributed by atoms with Gasteiger partial charge >= 0.3 is 0 Å². The van der Waals surface area contributed by atoms with Crippen molar-refractivity contribution in [3.05, 3.63) is 48.3 Å². The van der Waals surface area contributed by atoms with Crippen molar-refractivity contribution in [3.63, 3.8) is 0 Å². The summed E-state index contributed by atoms with van der Waals surface area (Å²) in [4.78, 5) is 11.4. The number of nitrogens with zero attached hydrogens (tertiary/aromatic N) is 2. The van der Waals surface area contributed by atoms with Gasteiger partial charge in [-0.3, -0.25) is 4.98 Å². The van der Waals surface area contributed by atoms with Crippen molar-refractivity contribution >= 4 is 0 Å². The van der Waals surface area contributed by atoms with Crippen LogP contribution in [-0.4, -0.2) is 21.6 Å². The largest absolute Gasteiger partial charge is 0.370 e. The van der Waals surface area contributed by atoms with Crippen molar-refractivity contribution in [1.29, 1.82) is 0 Å². The van der Waals surface area contributed by atoms with Gasteiger partial charge in [0.2, 0.25) is 0 Å². The van der Waals surface area contributed by atoms with Gasteiger partial charge in [-0.1, -0.05) is 13.0 Å². The lowest BCUT2D eigenvalue weighted by atomic mass is 10.1. The van der Waals surface area contributed by atoms with Crippen molar-refractivity contribution in [3.8, 4) is 0 Å². The highest BCUT2D eigenvalue weighted by Crippen LogP contribution is 2.25. The van der Waals surface area contributed by atoms with Gasteiger partial charge in [0.1, 0.15) is 11.9 Å². The van der Waals surface area contributed by atoms with E-state index in [1.165, 1.54) is 12.8 Å². The molecule has 0 aliphatic carbocycles. The number of rotatable bonds is 2. The fraction of sp³-hybridized carbons (Fsp3) is 0.467. The summed E-state index contributed by atoms with van der Waals surface area (Å²) in [6.45, 7) is 2.99. The fourth-order valence-electron chi connectivity index (χ4n) is 1.99. The molecule has 3 rings (SSSR count). The van der Waals surface area contributed by atoms with E-state index in [0.29, 0.717) is 0 Å². The minimum Gasteiger partial charge on any atom is -0.370 e. The Labute approximate surface area is 114 Å². The van der Waals surface area contributed by atoms with Crippen molar-refractivity contribution < 1.29 is 4.74 Å². The second-order valence-corrected chi connectivity index (χ2v) is 4.51. The first-order chi connectivity index (χ1) is 9.40. The molecule has 1 aliphatic rings. The van der Waals surface area contributed by atoms with E-state index in [9.17, 15) is 0 Å². The number of hydrogen-bond donors (Lipinski definition) is 1. The fourth-order valence-corrected chi connectivity index (χ4v) is 1.99. The molecular weight excluding hydrogens is 238 g/mol. The smallest absolute Gasteiger partial charge is 0.135 e. The van der Waals surface area contributed by atoms with Crippen molar-refractivity contribution in [1.82, 2.24) is 15.0 Å². The Morgan fingerprint density at radius 2 is 2.11 bits per heavy atom. The first-order valence-corrected chi connectivity index (χ1v) is 6.91. The number of hydrogen-bond acceptors (Lipinski definition) is 3. The summed E-state index contributed by atoms with van der Waals surface area (Å²) in [6, 6.07) is 5.72. The highest BCUT2D eigenvalue weighted by molar-refractivity contribution is 5.03. The van der Waals surface area contributed by atoms with Crippen LogP contribution in [0.4, 0.5) is 0 Å². The van der Waals surface area contributed by atoms with Crippen LogP contribution in [0.3, 0.4) is 0 Å². The molecule has 4 heteroatoms. The van der Waals surface area contributed by atoms with E-state index in [0.717, 1.165) is 31.0 Å². The summed E-state index contributed by atoms with van der Waals surface area (Å²) in [5.41, 5.74) is 1.13. The highest BCUT2D eigenvalue weighted by atomic mass is 16.5. The molecule has 2 aromatic heterocycles. The van der Waals surface area contributed by atoms with E-state index in [1.807, 2.05) is 24.4 Å². The number of imidazole rings is 1. The zero-order valence-corrected chi connectivity index (χ0v) is 11.4. The molecule has 1 atom stereocenters. The normalized spacial score (nSPS) is 18.5. The van der Waals surface area contributed by atoms with Crippen molar-refractivity contribution in [2.45, 2.75) is 38.7 Å². The van der Waals surface area contributed by atoms with Crippen LogP contribution in [0.1, 0.15) is 43.8 Å². The van der Waals surface area contributed by atoms with Gasteiger partial charge in [0.25, 0.3) is 0 Å². The molecule has 0 spiro atoms. The minimum absolute atomic E-state index is 0.217. The van der Waals surface area contributed by atoms with E-state index in [2.05, 4.69) is 21.9 Å². The van der Waals surface area contributed by atoms with Gasteiger partial charge in [0.15, 0.2) is 0 Å². The Balaban J connectivity index is 0.000000186. The molecule has 1 aliphatic heterocycles. The number of aryl methyl sites for hydroxylation is 1. The van der Waals surface area contributed by atoms with Crippen LogP contribution in [-0.2, 0) is 11.2 Å². The Bertz CT molecular complexity index is 423. The summed E-state index contributed by atoms with van der Waals surface area (Å²) in [5, 5.41) is 0. The lowest BCUT2D eigenvalue weighted by molar-refractivity contribution is 0.00990. The lowest BCUT2D eigenvalue weighted by Crippen LogP contribution is -2.12. The van der Waals surface area contributed by atoms with Crippen LogP contribution in [0, 0.1) is 0 Å². The van der Waals surface area contributed by atoms with Gasteiger partial charge in [-0.15, -0.1) is 0 Å². The Morgan fingerprint density at radius 3 is 2.58 bits per heavy atom. The monoisotopic (exact) mass is 259 g/mol. The number of aromatic amines is 1. The molecule has 1 unspecified atom stereocenters. The number of H-pyrrole nitrogens is 1. The number of nitrogens with one attached hydrogen (secondary N) is 1. The molecule has 1 saturated heterocycles. The van der Waals surface area contributed by atoms with E-state index < -0.39 is 0 Å². The second-order valence-electron chi connectivity index (χ2n) is 4.51. The Morgan fingerprint density at radius 1 is 1.26 bits per heavy atom. The molecule has 0 radical (unpaired) electrons. The Hall–Kier alpha value is -1.68. The number of ether oxygens (including phenoxy) is 1. The van der Waals surface area contributed by atoms with Gasteiger partial charge in [-0.2, -0.15) is 0 Å². The molecule has 1 N–H and O–H groups in total. The summed E-state index contributed by atoms with van der Waals surface area (Å²) < 4.78 is 5.63. The first kappa shape index (κ1) is 13.7. The SMILES string of the molecule is CCc1c[nH]c(C2CCCCO2)n1.c1ccncc1. The quantitative estimate of drug-likeness (QED) is 0.900. The van der Waals surface area contributed by atoms with Crippen LogP contribution in [0.25, 0.3) is 0 Å². The maximum absolute atomic E-state index is 5.63. The van der Waals surface area contributed by atoms with E-state index in [1.54, 1.807) is 12.4 Å². The van der Waals surface area contributed by atoms with E-state index >= 15 is 0 Å². The lowest BCUT2D eigenvalue weighted by Gasteiger charge is -2.20. The molecule has 3 heterocycles. The third kappa shape index (κ3) is 4.48. The number of pyridine rings is 1. The highest BCUT2D eigenvalue weighted by Gasteiger charge is 2.18. The molecule has 0 bridgehead atoms. The van der Waals surface area contributed by atoms with Crippen molar-refractivity contribution in [2.75, 3.05) is 6.61 Å². The molecular formula is C15H21N3O. The molecule has 19 heavy (non-hydrogen) atoms. The average molecular weight is 259 g/mol. The third-order valence-corrected chi connectivity index (χ3v) is 3.06. The van der Waals surface area contributed by atoms with Crippen LogP contribution < -0.4 is 0 Å². The third-order valence-electron chi connectivity index (χ3n) is 3.06. The predicted octanol–water partition coefficient (Wildman–Crippen LogP) is 3.30.